The lowest BCUT2D eigenvalue weighted by Crippen LogP contribution is -1.91. The number of ether oxygens (including phenoxy) is 1. The van der Waals surface area contributed by atoms with Gasteiger partial charge in [-0.05, 0) is 19.1 Å². The van der Waals surface area contributed by atoms with Gasteiger partial charge in [-0.1, -0.05) is 31.2 Å². The topological polar surface area (TPSA) is 9.23 Å². The summed E-state index contributed by atoms with van der Waals surface area (Å²) in [6.45, 7) is 7.85. The van der Waals surface area contributed by atoms with Gasteiger partial charge in [0.25, 0.3) is 0 Å². The van der Waals surface area contributed by atoms with Crippen LogP contribution in [0.3, 0.4) is 0 Å². The molecular formula is C11H14O. The lowest BCUT2D eigenvalue weighted by molar-refractivity contribution is 0.412. The molecule has 1 nitrogen and oxygen atoms in total. The second-order valence-electron chi connectivity index (χ2n) is 2.81. The number of hydrogen-bond donors (Lipinski definition) is 0. The predicted molar refractivity (Wildman–Crippen MR) is 51.2 cm³/mol. The Morgan fingerprint density at radius 2 is 1.92 bits per heavy atom. The molecule has 0 unspecified atom stereocenters. The van der Waals surface area contributed by atoms with Crippen molar-refractivity contribution in [3.05, 3.63) is 42.2 Å². The second kappa shape index (κ2) is 3.96. The second-order valence-corrected chi connectivity index (χ2v) is 2.81. The van der Waals surface area contributed by atoms with Gasteiger partial charge < -0.3 is 4.74 Å². The number of hydrogen-bond acceptors (Lipinski definition) is 1. The molecule has 0 spiro atoms. The van der Waals surface area contributed by atoms with Crippen molar-refractivity contribution >= 4 is 0 Å². The molecule has 0 aliphatic heterocycles. The number of benzene rings is 1. The first-order valence-electron chi connectivity index (χ1n) is 4.14. The van der Waals surface area contributed by atoms with Gasteiger partial charge in [0.15, 0.2) is 0 Å². The fraction of sp³-hybridized carbons (Fsp3) is 0.273. The monoisotopic (exact) mass is 162 g/mol. The Morgan fingerprint density at radius 1 is 1.33 bits per heavy atom. The molecule has 64 valence electrons. The Morgan fingerprint density at radius 3 is 2.42 bits per heavy atom. The minimum atomic E-state index is 0.804. The molecule has 0 fully saturated rings. The van der Waals surface area contributed by atoms with Crippen LogP contribution in [-0.2, 0) is 0 Å². The molecule has 0 amide bonds. The molecule has 0 saturated carbocycles. The zero-order chi connectivity index (χ0) is 8.97. The molecule has 1 heteroatoms. The molecule has 0 aliphatic carbocycles. The Bertz CT molecular complexity index is 259. The van der Waals surface area contributed by atoms with Gasteiger partial charge in [-0.2, -0.15) is 0 Å². The Balaban J connectivity index is 2.64. The van der Waals surface area contributed by atoms with E-state index < -0.39 is 0 Å². The van der Waals surface area contributed by atoms with Crippen molar-refractivity contribution in [1.82, 2.24) is 0 Å². The highest BCUT2D eigenvalue weighted by Gasteiger charge is 1.94. The van der Waals surface area contributed by atoms with E-state index in [0.29, 0.717) is 0 Å². The zero-order valence-electron chi connectivity index (χ0n) is 7.63. The molecule has 0 atom stereocenters. The van der Waals surface area contributed by atoms with Crippen LogP contribution in [0.5, 0.6) is 5.75 Å². The van der Waals surface area contributed by atoms with E-state index in [9.17, 15) is 0 Å². The van der Waals surface area contributed by atoms with Gasteiger partial charge >= 0.3 is 0 Å². The largest absolute Gasteiger partial charge is 0.462 e. The van der Waals surface area contributed by atoms with Crippen LogP contribution >= 0.6 is 0 Å². The summed E-state index contributed by atoms with van der Waals surface area (Å²) in [6.07, 6.45) is 0.855. The van der Waals surface area contributed by atoms with Crippen molar-refractivity contribution in [2.75, 3.05) is 0 Å². The Labute approximate surface area is 73.7 Å². The van der Waals surface area contributed by atoms with E-state index in [4.69, 9.17) is 4.74 Å². The van der Waals surface area contributed by atoms with Crippen molar-refractivity contribution in [3.8, 4) is 5.75 Å². The fourth-order valence-electron chi connectivity index (χ4n) is 0.845. The fourth-order valence-corrected chi connectivity index (χ4v) is 0.845. The van der Waals surface area contributed by atoms with Gasteiger partial charge in [0.1, 0.15) is 5.75 Å². The SMILES string of the molecule is C=C(CC)Oc1ccc(C)cc1. The van der Waals surface area contributed by atoms with Crippen molar-refractivity contribution < 1.29 is 4.74 Å². The van der Waals surface area contributed by atoms with Crippen LogP contribution in [-0.4, -0.2) is 0 Å². The van der Waals surface area contributed by atoms with Gasteiger partial charge in [-0.15, -0.1) is 0 Å². The van der Waals surface area contributed by atoms with Gasteiger partial charge in [0.2, 0.25) is 0 Å². The first-order chi connectivity index (χ1) is 5.72. The van der Waals surface area contributed by atoms with Gasteiger partial charge in [-0.3, -0.25) is 0 Å². The third-order valence-electron chi connectivity index (χ3n) is 1.68. The third kappa shape index (κ3) is 2.42. The third-order valence-corrected chi connectivity index (χ3v) is 1.68. The number of aryl methyl sites for hydroxylation is 1. The number of allylic oxidation sites excluding steroid dienone is 1. The van der Waals surface area contributed by atoms with Crippen molar-refractivity contribution in [3.63, 3.8) is 0 Å². The van der Waals surface area contributed by atoms with E-state index in [-0.39, 0.29) is 0 Å². The molecule has 12 heavy (non-hydrogen) atoms. The minimum Gasteiger partial charge on any atom is -0.462 e. The van der Waals surface area contributed by atoms with E-state index in [1.165, 1.54) is 5.56 Å². The first-order valence-corrected chi connectivity index (χ1v) is 4.14. The Hall–Kier alpha value is -1.24. The summed E-state index contributed by atoms with van der Waals surface area (Å²) in [5, 5.41) is 0. The van der Waals surface area contributed by atoms with Gasteiger partial charge in [0, 0.05) is 6.42 Å². The molecule has 0 aliphatic rings. The van der Waals surface area contributed by atoms with Crippen LogP contribution in [0, 0.1) is 6.92 Å². The summed E-state index contributed by atoms with van der Waals surface area (Å²) < 4.78 is 5.42. The molecule has 1 aromatic rings. The van der Waals surface area contributed by atoms with E-state index in [2.05, 4.69) is 13.5 Å². The summed E-state index contributed by atoms with van der Waals surface area (Å²) in [5.41, 5.74) is 1.24. The maximum atomic E-state index is 5.42. The van der Waals surface area contributed by atoms with Crippen molar-refractivity contribution in [1.29, 1.82) is 0 Å². The highest BCUT2D eigenvalue weighted by atomic mass is 16.5. The molecule has 0 radical (unpaired) electrons. The highest BCUT2D eigenvalue weighted by Crippen LogP contribution is 2.14. The van der Waals surface area contributed by atoms with Crippen molar-refractivity contribution in [2.45, 2.75) is 20.3 Å². The van der Waals surface area contributed by atoms with Gasteiger partial charge in [-0.25, -0.2) is 0 Å². The van der Waals surface area contributed by atoms with Crippen molar-refractivity contribution in [2.24, 2.45) is 0 Å². The molecule has 1 rings (SSSR count). The van der Waals surface area contributed by atoms with E-state index >= 15 is 0 Å². The maximum Gasteiger partial charge on any atom is 0.126 e. The van der Waals surface area contributed by atoms with E-state index in [1.807, 2.05) is 31.2 Å². The first kappa shape index (κ1) is 8.85. The molecule has 1 aromatic carbocycles. The lowest BCUT2D eigenvalue weighted by Gasteiger charge is -2.05. The average Bonchev–Trinajstić information content (AvgIpc) is 2.09. The van der Waals surface area contributed by atoms with E-state index in [1.54, 1.807) is 0 Å². The molecule has 0 bridgehead atoms. The quantitative estimate of drug-likeness (QED) is 0.619. The lowest BCUT2D eigenvalue weighted by atomic mass is 10.2. The minimum absolute atomic E-state index is 0.804. The van der Waals surface area contributed by atoms with Crippen LogP contribution in [0.1, 0.15) is 18.9 Å². The summed E-state index contributed by atoms with van der Waals surface area (Å²) in [4.78, 5) is 0. The highest BCUT2D eigenvalue weighted by molar-refractivity contribution is 5.27. The van der Waals surface area contributed by atoms with E-state index in [0.717, 1.165) is 17.9 Å². The van der Waals surface area contributed by atoms with Crippen LogP contribution in [0.15, 0.2) is 36.6 Å². The number of rotatable bonds is 3. The summed E-state index contributed by atoms with van der Waals surface area (Å²) in [7, 11) is 0. The summed E-state index contributed by atoms with van der Waals surface area (Å²) >= 11 is 0. The Kier molecular flexibility index (Phi) is 2.92. The summed E-state index contributed by atoms with van der Waals surface area (Å²) in [5.74, 6) is 1.67. The maximum absolute atomic E-state index is 5.42. The van der Waals surface area contributed by atoms with Crippen LogP contribution in [0.25, 0.3) is 0 Å². The standard InChI is InChI=1S/C11H14O/c1-4-10(3)12-11-7-5-9(2)6-8-11/h5-8H,3-4H2,1-2H3. The molecule has 0 aromatic heterocycles. The molecule has 0 N–H and O–H groups in total. The smallest absolute Gasteiger partial charge is 0.126 e. The summed E-state index contributed by atoms with van der Waals surface area (Å²) in [6, 6.07) is 7.96. The normalized spacial score (nSPS) is 9.50. The zero-order valence-corrected chi connectivity index (χ0v) is 7.63. The average molecular weight is 162 g/mol. The van der Waals surface area contributed by atoms with Crippen LogP contribution < -0.4 is 4.74 Å². The molecule has 0 heterocycles. The molecule has 0 saturated heterocycles. The predicted octanol–water partition coefficient (Wildman–Crippen LogP) is 3.30. The van der Waals surface area contributed by atoms with Gasteiger partial charge in [0.05, 0.1) is 5.76 Å². The van der Waals surface area contributed by atoms with Crippen LogP contribution in [0.4, 0.5) is 0 Å². The van der Waals surface area contributed by atoms with Crippen LogP contribution in [0.2, 0.25) is 0 Å². The molecular weight excluding hydrogens is 148 g/mol.